The van der Waals surface area contributed by atoms with Crippen molar-refractivity contribution in [2.75, 3.05) is 0 Å². The van der Waals surface area contributed by atoms with Crippen molar-refractivity contribution in [2.45, 2.75) is 64.7 Å². The third kappa shape index (κ3) is 4.88. The Morgan fingerprint density at radius 3 is 2.71 bits per heavy atom. The van der Waals surface area contributed by atoms with Gasteiger partial charge in [-0.15, -0.1) is 0 Å². The minimum absolute atomic E-state index is 0.232. The number of carbonyl (C=O) groups is 2. The van der Waals surface area contributed by atoms with Crippen molar-refractivity contribution in [3.05, 3.63) is 0 Å². The van der Waals surface area contributed by atoms with Crippen LogP contribution in [0.5, 0.6) is 0 Å². The molecule has 0 aliphatic heterocycles. The number of rotatable bonds is 8. The molecule has 1 rings (SSSR count). The van der Waals surface area contributed by atoms with Crippen molar-refractivity contribution in [2.24, 2.45) is 11.8 Å². The van der Waals surface area contributed by atoms with Crippen LogP contribution in [0.3, 0.4) is 0 Å². The lowest BCUT2D eigenvalue weighted by molar-refractivity contribution is -0.137. The molecule has 3 nitrogen and oxygen atoms in total. The average molecular weight is 240 g/mol. The van der Waals surface area contributed by atoms with Gasteiger partial charge in [-0.3, -0.25) is 9.59 Å². The molecular weight excluding hydrogens is 216 g/mol. The van der Waals surface area contributed by atoms with Gasteiger partial charge in [0.15, 0.2) is 0 Å². The molecule has 0 aromatic carbocycles. The van der Waals surface area contributed by atoms with Gasteiger partial charge in [-0.2, -0.15) is 0 Å². The zero-order valence-corrected chi connectivity index (χ0v) is 10.8. The number of carboxylic acids is 1. The Balaban J connectivity index is 2.30. The molecule has 0 saturated heterocycles. The minimum atomic E-state index is -0.725. The zero-order chi connectivity index (χ0) is 12.7. The highest BCUT2D eigenvalue weighted by atomic mass is 16.4. The van der Waals surface area contributed by atoms with E-state index in [1.54, 1.807) is 0 Å². The Labute approximate surface area is 104 Å². The van der Waals surface area contributed by atoms with Crippen LogP contribution in [0.15, 0.2) is 0 Å². The second-order valence-corrected chi connectivity index (χ2v) is 5.15. The number of ketones is 1. The van der Waals surface area contributed by atoms with Crippen molar-refractivity contribution in [1.82, 2.24) is 0 Å². The molecule has 1 aliphatic carbocycles. The first-order valence-electron chi connectivity index (χ1n) is 6.89. The number of hydrogen-bond acceptors (Lipinski definition) is 2. The summed E-state index contributed by atoms with van der Waals surface area (Å²) in [6.07, 6.45) is 8.12. The maximum atomic E-state index is 11.8. The largest absolute Gasteiger partial charge is 0.481 e. The van der Waals surface area contributed by atoms with E-state index in [0.717, 1.165) is 32.1 Å². The van der Waals surface area contributed by atoms with Crippen LogP contribution in [0, 0.1) is 11.8 Å². The van der Waals surface area contributed by atoms with Gasteiger partial charge in [0.2, 0.25) is 0 Å². The molecule has 0 unspecified atom stereocenters. The first-order chi connectivity index (χ1) is 8.15. The highest BCUT2D eigenvalue weighted by Gasteiger charge is 2.33. The van der Waals surface area contributed by atoms with Gasteiger partial charge in [0.25, 0.3) is 0 Å². The average Bonchev–Trinajstić information content (AvgIpc) is 2.61. The van der Waals surface area contributed by atoms with E-state index in [-0.39, 0.29) is 12.3 Å². The van der Waals surface area contributed by atoms with Crippen LogP contribution in [-0.4, -0.2) is 16.9 Å². The Kier molecular flexibility index (Phi) is 6.23. The van der Waals surface area contributed by atoms with E-state index in [9.17, 15) is 9.59 Å². The molecule has 1 N–H and O–H groups in total. The molecule has 0 aromatic rings. The van der Waals surface area contributed by atoms with Crippen molar-refractivity contribution < 1.29 is 14.7 Å². The molecule has 1 aliphatic rings. The number of carbonyl (C=O) groups excluding carboxylic acids is 1. The molecule has 17 heavy (non-hydrogen) atoms. The summed E-state index contributed by atoms with van der Waals surface area (Å²) in [5, 5.41) is 8.61. The molecule has 0 radical (unpaired) electrons. The fraction of sp³-hybridized carbons (Fsp3) is 0.857. The first-order valence-corrected chi connectivity index (χ1v) is 6.89. The van der Waals surface area contributed by atoms with E-state index >= 15 is 0 Å². The van der Waals surface area contributed by atoms with Gasteiger partial charge in [-0.1, -0.05) is 26.2 Å². The second-order valence-electron chi connectivity index (χ2n) is 5.15. The molecule has 1 saturated carbocycles. The van der Waals surface area contributed by atoms with Gasteiger partial charge in [0.05, 0.1) is 0 Å². The number of aliphatic carboxylic acids is 1. The maximum absolute atomic E-state index is 11.8. The monoisotopic (exact) mass is 240 g/mol. The lowest BCUT2D eigenvalue weighted by Crippen LogP contribution is -2.15. The molecule has 3 heteroatoms. The number of Topliss-reactive ketones (excluding diaryl/α,β-unsaturated/α-hetero) is 1. The molecule has 0 spiro atoms. The van der Waals surface area contributed by atoms with E-state index < -0.39 is 5.97 Å². The van der Waals surface area contributed by atoms with Gasteiger partial charge in [0, 0.05) is 18.8 Å². The van der Waals surface area contributed by atoms with E-state index in [4.69, 9.17) is 5.11 Å². The van der Waals surface area contributed by atoms with Crippen LogP contribution in [0.1, 0.15) is 64.7 Å². The quantitative estimate of drug-likeness (QED) is 0.661. The Bertz CT molecular complexity index is 260. The van der Waals surface area contributed by atoms with Crippen molar-refractivity contribution >= 4 is 11.8 Å². The summed E-state index contributed by atoms with van der Waals surface area (Å²) in [6.45, 7) is 2.17. The van der Waals surface area contributed by atoms with Gasteiger partial charge >= 0.3 is 5.97 Å². The van der Waals surface area contributed by atoms with Crippen LogP contribution in [0.4, 0.5) is 0 Å². The van der Waals surface area contributed by atoms with E-state index in [0.29, 0.717) is 18.1 Å². The summed E-state index contributed by atoms with van der Waals surface area (Å²) in [5.74, 6) is 0.382. The van der Waals surface area contributed by atoms with E-state index in [2.05, 4.69) is 6.92 Å². The second kappa shape index (κ2) is 7.46. The molecular formula is C14H24O3. The fourth-order valence-corrected chi connectivity index (χ4v) is 2.85. The molecule has 0 aromatic heterocycles. The summed E-state index contributed by atoms with van der Waals surface area (Å²) in [4.78, 5) is 22.2. The zero-order valence-electron chi connectivity index (χ0n) is 10.8. The maximum Gasteiger partial charge on any atom is 0.303 e. The van der Waals surface area contributed by atoms with Gasteiger partial charge in [-0.05, 0) is 31.6 Å². The third-order valence-corrected chi connectivity index (χ3v) is 3.83. The van der Waals surface area contributed by atoms with Gasteiger partial charge in [-0.25, -0.2) is 0 Å². The van der Waals surface area contributed by atoms with Gasteiger partial charge < -0.3 is 5.11 Å². The minimum Gasteiger partial charge on any atom is -0.481 e. The number of hydrogen-bond donors (Lipinski definition) is 1. The lowest BCUT2D eigenvalue weighted by atomic mass is 9.86. The SMILES string of the molecule is CCCCC[C@@H]1C(=O)CC[C@@H]1CCCC(=O)O. The predicted octanol–water partition coefficient (Wildman–Crippen LogP) is 3.42. The Morgan fingerprint density at radius 2 is 2.06 bits per heavy atom. The Morgan fingerprint density at radius 1 is 1.29 bits per heavy atom. The number of unbranched alkanes of at least 4 members (excludes halogenated alkanes) is 2. The van der Waals surface area contributed by atoms with Crippen molar-refractivity contribution in [1.29, 1.82) is 0 Å². The molecule has 0 amide bonds. The highest BCUT2D eigenvalue weighted by Crippen LogP contribution is 2.35. The summed E-state index contributed by atoms with van der Waals surface area (Å²) in [6, 6.07) is 0. The van der Waals surface area contributed by atoms with Crippen LogP contribution in [0.25, 0.3) is 0 Å². The van der Waals surface area contributed by atoms with Crippen LogP contribution in [-0.2, 0) is 9.59 Å². The lowest BCUT2D eigenvalue weighted by Gasteiger charge is -2.17. The normalized spacial score (nSPS) is 24.2. The van der Waals surface area contributed by atoms with Crippen molar-refractivity contribution in [3.8, 4) is 0 Å². The third-order valence-electron chi connectivity index (χ3n) is 3.83. The molecule has 2 atom stereocenters. The summed E-state index contributed by atoms with van der Waals surface area (Å²) >= 11 is 0. The Hall–Kier alpha value is -0.860. The number of carboxylic acid groups (broad SMARTS) is 1. The van der Waals surface area contributed by atoms with E-state index in [1.165, 1.54) is 12.8 Å². The first kappa shape index (κ1) is 14.2. The summed E-state index contributed by atoms with van der Waals surface area (Å²) in [5.41, 5.74) is 0. The smallest absolute Gasteiger partial charge is 0.303 e. The molecule has 0 bridgehead atoms. The molecule has 1 fully saturated rings. The molecule has 0 heterocycles. The van der Waals surface area contributed by atoms with Crippen LogP contribution < -0.4 is 0 Å². The summed E-state index contributed by atoms with van der Waals surface area (Å²) in [7, 11) is 0. The van der Waals surface area contributed by atoms with Crippen LogP contribution >= 0.6 is 0 Å². The highest BCUT2D eigenvalue weighted by molar-refractivity contribution is 5.83. The fourth-order valence-electron chi connectivity index (χ4n) is 2.85. The predicted molar refractivity (Wildman–Crippen MR) is 66.8 cm³/mol. The standard InChI is InChI=1S/C14H24O3/c1-2-3-4-7-12-11(9-10-13(12)15)6-5-8-14(16)17/h11-12H,2-10H2,1H3,(H,16,17)/t11-,12-/m0/s1. The van der Waals surface area contributed by atoms with E-state index in [1.807, 2.05) is 0 Å². The topological polar surface area (TPSA) is 54.4 Å². The summed E-state index contributed by atoms with van der Waals surface area (Å²) < 4.78 is 0. The van der Waals surface area contributed by atoms with Crippen molar-refractivity contribution in [3.63, 3.8) is 0 Å². The van der Waals surface area contributed by atoms with Gasteiger partial charge in [0.1, 0.15) is 5.78 Å². The van der Waals surface area contributed by atoms with Crippen LogP contribution in [0.2, 0.25) is 0 Å². The molecule has 98 valence electrons.